The van der Waals surface area contributed by atoms with Crippen molar-refractivity contribution in [1.29, 1.82) is 5.41 Å². The van der Waals surface area contributed by atoms with Crippen LogP contribution in [0.2, 0.25) is 0 Å². The number of nitrogens with zero attached hydrogens (tertiary/aromatic N) is 1. The summed E-state index contributed by atoms with van der Waals surface area (Å²) in [7, 11) is 0. The normalized spacial score (nSPS) is 27.8. The van der Waals surface area contributed by atoms with Crippen LogP contribution in [0.1, 0.15) is 32.4 Å². The van der Waals surface area contributed by atoms with E-state index in [2.05, 4.69) is 4.98 Å². The van der Waals surface area contributed by atoms with Crippen molar-refractivity contribution in [2.24, 2.45) is 5.73 Å². The van der Waals surface area contributed by atoms with E-state index in [-0.39, 0.29) is 24.1 Å². The third-order valence-electron chi connectivity index (χ3n) is 2.97. The Labute approximate surface area is 107 Å². The molecule has 18 heavy (non-hydrogen) atoms. The molecule has 1 aromatic heterocycles. The van der Waals surface area contributed by atoms with Crippen molar-refractivity contribution in [1.82, 2.24) is 4.98 Å². The highest BCUT2D eigenvalue weighted by atomic mass is 16.5. The lowest BCUT2D eigenvalue weighted by Gasteiger charge is -2.32. The molecule has 2 rings (SSSR count). The van der Waals surface area contributed by atoms with Gasteiger partial charge in [0, 0.05) is 19.0 Å². The number of pyridine rings is 1. The molecule has 2 unspecified atom stereocenters. The minimum atomic E-state index is -0.0706. The lowest BCUT2D eigenvalue weighted by molar-refractivity contribution is -0.0722. The monoisotopic (exact) mass is 249 g/mol. The Morgan fingerprint density at radius 3 is 2.72 bits per heavy atom. The molecule has 0 bridgehead atoms. The van der Waals surface area contributed by atoms with Crippen molar-refractivity contribution in [3.8, 4) is 5.75 Å². The molecule has 0 spiro atoms. The summed E-state index contributed by atoms with van der Waals surface area (Å²) in [6.45, 7) is 4.09. The van der Waals surface area contributed by atoms with Crippen LogP contribution in [-0.2, 0) is 4.74 Å². The summed E-state index contributed by atoms with van der Waals surface area (Å²) in [6.07, 6.45) is 3.77. The van der Waals surface area contributed by atoms with E-state index in [1.54, 1.807) is 18.3 Å². The van der Waals surface area contributed by atoms with Crippen LogP contribution >= 0.6 is 0 Å². The lowest BCUT2D eigenvalue weighted by atomic mass is 10.0. The van der Waals surface area contributed by atoms with Crippen molar-refractivity contribution < 1.29 is 9.47 Å². The molecule has 1 aliphatic rings. The fourth-order valence-corrected chi connectivity index (χ4v) is 2.31. The van der Waals surface area contributed by atoms with Gasteiger partial charge in [-0.1, -0.05) is 0 Å². The zero-order chi connectivity index (χ0) is 13.1. The summed E-state index contributed by atoms with van der Waals surface area (Å²) in [6, 6.07) is 3.59. The number of hydrogen-bond donors (Lipinski definition) is 2. The van der Waals surface area contributed by atoms with Gasteiger partial charge in [-0.05, 0) is 26.0 Å². The summed E-state index contributed by atoms with van der Waals surface area (Å²) < 4.78 is 11.6. The largest absolute Gasteiger partial charge is 0.488 e. The molecular formula is C13H19N3O2. The fraction of sp³-hybridized carbons (Fsp3) is 0.538. The number of nitrogens with one attached hydrogen (secondary N) is 1. The van der Waals surface area contributed by atoms with Gasteiger partial charge in [-0.15, -0.1) is 0 Å². The lowest BCUT2D eigenvalue weighted by Crippen LogP contribution is -2.36. The van der Waals surface area contributed by atoms with Gasteiger partial charge in [0.05, 0.1) is 12.2 Å². The van der Waals surface area contributed by atoms with E-state index < -0.39 is 0 Å². The predicted octanol–water partition coefficient (Wildman–Crippen LogP) is 1.70. The molecule has 1 aromatic rings. The standard InChI is InChI=1S/C13H19N3O2/c1-8-6-10(7-9(2)17-8)18-11-4-3-5-16-12(11)13(14)15/h3-5,8-10H,6-7H2,1-2H3,(H3,14,15). The first-order chi connectivity index (χ1) is 8.56. The number of aromatic nitrogens is 1. The van der Waals surface area contributed by atoms with E-state index in [9.17, 15) is 0 Å². The van der Waals surface area contributed by atoms with Gasteiger partial charge in [0.1, 0.15) is 23.4 Å². The van der Waals surface area contributed by atoms with Crippen molar-refractivity contribution in [2.45, 2.75) is 45.0 Å². The smallest absolute Gasteiger partial charge is 0.149 e. The van der Waals surface area contributed by atoms with Gasteiger partial charge in [-0.3, -0.25) is 5.41 Å². The van der Waals surface area contributed by atoms with Gasteiger partial charge in [-0.2, -0.15) is 0 Å². The third kappa shape index (κ3) is 2.98. The summed E-state index contributed by atoms with van der Waals surface area (Å²) >= 11 is 0. The number of ether oxygens (including phenoxy) is 2. The first kappa shape index (κ1) is 12.8. The van der Waals surface area contributed by atoms with Crippen molar-refractivity contribution in [3.63, 3.8) is 0 Å². The molecule has 3 N–H and O–H groups in total. The average molecular weight is 249 g/mol. The molecule has 1 fully saturated rings. The van der Waals surface area contributed by atoms with Crippen LogP contribution < -0.4 is 10.5 Å². The summed E-state index contributed by atoms with van der Waals surface area (Å²) in [5.41, 5.74) is 5.90. The minimum absolute atomic E-state index is 0.0706. The van der Waals surface area contributed by atoms with E-state index in [1.165, 1.54) is 0 Å². The summed E-state index contributed by atoms with van der Waals surface area (Å²) in [5.74, 6) is 0.509. The van der Waals surface area contributed by atoms with Crippen molar-refractivity contribution >= 4 is 5.84 Å². The predicted molar refractivity (Wildman–Crippen MR) is 68.9 cm³/mol. The molecule has 0 saturated carbocycles. The molecule has 0 radical (unpaired) electrons. The van der Waals surface area contributed by atoms with E-state index in [0.717, 1.165) is 12.8 Å². The maximum Gasteiger partial charge on any atom is 0.149 e. The molecule has 1 aliphatic heterocycles. The fourth-order valence-electron chi connectivity index (χ4n) is 2.31. The Balaban J connectivity index is 2.11. The second kappa shape index (κ2) is 5.35. The number of hydrogen-bond acceptors (Lipinski definition) is 4. The van der Waals surface area contributed by atoms with Gasteiger partial charge in [0.2, 0.25) is 0 Å². The molecule has 0 amide bonds. The van der Waals surface area contributed by atoms with Crippen LogP contribution in [0.4, 0.5) is 0 Å². The second-order valence-corrected chi connectivity index (χ2v) is 4.73. The van der Waals surface area contributed by atoms with Crippen LogP contribution in [0.15, 0.2) is 18.3 Å². The third-order valence-corrected chi connectivity index (χ3v) is 2.97. The Hall–Kier alpha value is -1.62. The van der Waals surface area contributed by atoms with E-state index in [4.69, 9.17) is 20.6 Å². The number of rotatable bonds is 3. The molecule has 0 aliphatic carbocycles. The number of nitrogen functional groups attached to an aromatic ring is 1. The molecule has 2 heterocycles. The SMILES string of the molecule is CC1CC(Oc2cccnc2C(=N)N)CC(C)O1. The van der Waals surface area contributed by atoms with E-state index >= 15 is 0 Å². The number of nitrogens with two attached hydrogens (primary N) is 1. The Morgan fingerprint density at radius 1 is 1.44 bits per heavy atom. The maximum absolute atomic E-state index is 7.48. The number of amidine groups is 1. The first-order valence-corrected chi connectivity index (χ1v) is 6.17. The Bertz CT molecular complexity index is 426. The van der Waals surface area contributed by atoms with Gasteiger partial charge >= 0.3 is 0 Å². The van der Waals surface area contributed by atoms with Crippen molar-refractivity contribution in [3.05, 3.63) is 24.0 Å². The average Bonchev–Trinajstić information content (AvgIpc) is 2.27. The van der Waals surface area contributed by atoms with Crippen LogP contribution in [0.5, 0.6) is 5.75 Å². The minimum Gasteiger partial charge on any atom is -0.488 e. The van der Waals surface area contributed by atoms with Gasteiger partial charge in [-0.25, -0.2) is 4.98 Å². The van der Waals surface area contributed by atoms with Crippen LogP contribution in [-0.4, -0.2) is 29.1 Å². The maximum atomic E-state index is 7.48. The highest BCUT2D eigenvalue weighted by molar-refractivity contribution is 5.95. The first-order valence-electron chi connectivity index (χ1n) is 6.17. The molecule has 2 atom stereocenters. The molecule has 5 heteroatoms. The van der Waals surface area contributed by atoms with Gasteiger partial charge in [0.25, 0.3) is 0 Å². The van der Waals surface area contributed by atoms with Crippen molar-refractivity contribution in [2.75, 3.05) is 0 Å². The second-order valence-electron chi connectivity index (χ2n) is 4.73. The van der Waals surface area contributed by atoms with Crippen LogP contribution in [0.25, 0.3) is 0 Å². The van der Waals surface area contributed by atoms with E-state index in [0.29, 0.717) is 11.4 Å². The molecule has 0 aromatic carbocycles. The quantitative estimate of drug-likeness (QED) is 0.631. The molecule has 1 saturated heterocycles. The van der Waals surface area contributed by atoms with Gasteiger partial charge in [0.15, 0.2) is 0 Å². The molecular weight excluding hydrogens is 230 g/mol. The zero-order valence-electron chi connectivity index (χ0n) is 10.7. The summed E-state index contributed by atoms with van der Waals surface area (Å²) in [5, 5.41) is 7.48. The highest BCUT2D eigenvalue weighted by Gasteiger charge is 2.26. The van der Waals surface area contributed by atoms with Crippen LogP contribution in [0, 0.1) is 5.41 Å². The highest BCUT2D eigenvalue weighted by Crippen LogP contribution is 2.25. The Morgan fingerprint density at radius 2 is 2.11 bits per heavy atom. The van der Waals surface area contributed by atoms with Gasteiger partial charge < -0.3 is 15.2 Å². The summed E-state index contributed by atoms with van der Waals surface area (Å²) in [4.78, 5) is 4.08. The molecule has 98 valence electrons. The zero-order valence-corrected chi connectivity index (χ0v) is 10.7. The topological polar surface area (TPSA) is 81.2 Å². The van der Waals surface area contributed by atoms with Crippen LogP contribution in [0.3, 0.4) is 0 Å². The van der Waals surface area contributed by atoms with E-state index in [1.807, 2.05) is 13.8 Å². The Kier molecular flexibility index (Phi) is 3.81. The molecule has 5 nitrogen and oxygen atoms in total.